The fourth-order valence-corrected chi connectivity index (χ4v) is 5.33. The predicted molar refractivity (Wildman–Crippen MR) is 116 cm³/mol. The van der Waals surface area contributed by atoms with Crippen LogP contribution in [0.15, 0.2) is 11.1 Å². The molecule has 1 unspecified atom stereocenters. The number of carbonyl (C=O) groups excluding carboxylic acids is 2. The fourth-order valence-electron chi connectivity index (χ4n) is 4.33. The van der Waals surface area contributed by atoms with Gasteiger partial charge in [-0.05, 0) is 25.7 Å². The lowest BCUT2D eigenvalue weighted by Gasteiger charge is -2.31. The quantitative estimate of drug-likeness (QED) is 0.736. The highest BCUT2D eigenvalue weighted by Crippen LogP contribution is 2.29. The summed E-state index contributed by atoms with van der Waals surface area (Å²) >= 11 is 1.28. The zero-order chi connectivity index (χ0) is 21.1. The Bertz CT molecular complexity index is 981. The molecule has 0 spiro atoms. The molecular weight excluding hydrogens is 404 g/mol. The minimum absolute atomic E-state index is 0.0327. The van der Waals surface area contributed by atoms with Gasteiger partial charge in [0.2, 0.25) is 11.8 Å². The lowest BCUT2D eigenvalue weighted by atomic mass is 9.95. The number of nitrogens with zero attached hydrogens (tertiary/aromatic N) is 4. The summed E-state index contributed by atoms with van der Waals surface area (Å²) in [6.07, 6.45) is 8.65. The Balaban J connectivity index is 1.48. The smallest absolute Gasteiger partial charge is 0.273 e. The predicted octanol–water partition coefficient (Wildman–Crippen LogP) is 1.26. The van der Waals surface area contributed by atoms with E-state index in [-0.39, 0.29) is 35.9 Å². The molecule has 1 aliphatic heterocycles. The van der Waals surface area contributed by atoms with Crippen molar-refractivity contribution in [1.29, 1.82) is 0 Å². The van der Waals surface area contributed by atoms with Crippen LogP contribution >= 0.6 is 11.3 Å². The summed E-state index contributed by atoms with van der Waals surface area (Å²) in [4.78, 5) is 48.2. The molecule has 4 rings (SSSR count). The Labute approximate surface area is 178 Å². The van der Waals surface area contributed by atoms with Crippen LogP contribution in [0.3, 0.4) is 0 Å². The Hall–Kier alpha value is -2.49. The molecule has 10 heteroatoms. The van der Waals surface area contributed by atoms with Crippen LogP contribution < -0.4 is 21.1 Å². The normalized spacial score (nSPS) is 20.3. The Kier molecular flexibility index (Phi) is 6.31. The first-order chi connectivity index (χ1) is 14.5. The number of nitrogens with one attached hydrogen (secondary N) is 2. The molecule has 3 heterocycles. The molecule has 1 aliphatic carbocycles. The summed E-state index contributed by atoms with van der Waals surface area (Å²) in [7, 11) is 1.65. The average Bonchev–Trinajstić information content (AvgIpc) is 3.21. The molecule has 30 heavy (non-hydrogen) atoms. The standard InChI is InChI=1S/C20H28N6O3S/c1-21-18(28)13-6-5-9-25(10-13)20-24-17-16(30-20)19(29)26(12-22-17)11-15(27)23-14-7-3-2-4-8-14/h12-14H,2-11H2,1H3,(H,21,28)(H,23,27). The van der Waals surface area contributed by atoms with Crippen LogP contribution in [0.1, 0.15) is 44.9 Å². The van der Waals surface area contributed by atoms with Crippen LogP contribution in [0.4, 0.5) is 5.13 Å². The molecule has 1 saturated carbocycles. The van der Waals surface area contributed by atoms with Crippen molar-refractivity contribution in [3.8, 4) is 0 Å². The fraction of sp³-hybridized carbons (Fsp3) is 0.650. The maximum absolute atomic E-state index is 12.9. The second kappa shape index (κ2) is 9.11. The SMILES string of the molecule is CNC(=O)C1CCCN(c2nc3ncn(CC(=O)NC4CCCCC4)c(=O)c3s2)C1. The molecule has 0 aromatic carbocycles. The first kappa shape index (κ1) is 20.8. The third kappa shape index (κ3) is 4.48. The molecule has 1 saturated heterocycles. The van der Waals surface area contributed by atoms with Crippen molar-refractivity contribution < 1.29 is 9.59 Å². The monoisotopic (exact) mass is 432 g/mol. The van der Waals surface area contributed by atoms with Crippen molar-refractivity contribution in [2.45, 2.75) is 57.5 Å². The molecule has 2 aromatic rings. The summed E-state index contributed by atoms with van der Waals surface area (Å²) in [5, 5.41) is 6.45. The van der Waals surface area contributed by atoms with E-state index < -0.39 is 0 Å². The Morgan fingerprint density at radius 3 is 2.77 bits per heavy atom. The molecule has 2 N–H and O–H groups in total. The van der Waals surface area contributed by atoms with Gasteiger partial charge in [-0.15, -0.1) is 0 Å². The van der Waals surface area contributed by atoms with Crippen molar-refractivity contribution in [2.24, 2.45) is 5.92 Å². The number of rotatable bonds is 5. The van der Waals surface area contributed by atoms with E-state index in [4.69, 9.17) is 0 Å². The summed E-state index contributed by atoms with van der Waals surface area (Å²) in [6.45, 7) is 1.34. The first-order valence-electron chi connectivity index (χ1n) is 10.7. The van der Waals surface area contributed by atoms with Gasteiger partial charge in [0.25, 0.3) is 5.56 Å². The van der Waals surface area contributed by atoms with Gasteiger partial charge in [-0.2, -0.15) is 4.98 Å². The molecule has 0 bridgehead atoms. The molecule has 1 atom stereocenters. The summed E-state index contributed by atoms with van der Waals surface area (Å²) < 4.78 is 1.80. The van der Waals surface area contributed by atoms with Gasteiger partial charge in [0.15, 0.2) is 10.8 Å². The van der Waals surface area contributed by atoms with E-state index in [9.17, 15) is 14.4 Å². The highest BCUT2D eigenvalue weighted by atomic mass is 32.1. The van der Waals surface area contributed by atoms with Crippen molar-refractivity contribution in [1.82, 2.24) is 25.2 Å². The van der Waals surface area contributed by atoms with Gasteiger partial charge in [0, 0.05) is 26.2 Å². The second-order valence-electron chi connectivity index (χ2n) is 8.13. The minimum atomic E-state index is -0.248. The van der Waals surface area contributed by atoms with Gasteiger partial charge in [0.05, 0.1) is 5.92 Å². The molecule has 162 valence electrons. The van der Waals surface area contributed by atoms with E-state index in [1.165, 1.54) is 28.7 Å². The van der Waals surface area contributed by atoms with Gasteiger partial charge < -0.3 is 15.5 Å². The number of piperidine rings is 1. The lowest BCUT2D eigenvalue weighted by Crippen LogP contribution is -2.42. The second-order valence-corrected chi connectivity index (χ2v) is 9.11. The van der Waals surface area contributed by atoms with Crippen molar-refractivity contribution >= 4 is 38.6 Å². The van der Waals surface area contributed by atoms with E-state index in [1.807, 2.05) is 0 Å². The number of carbonyl (C=O) groups is 2. The number of fused-ring (bicyclic) bond motifs is 1. The number of anilines is 1. The van der Waals surface area contributed by atoms with Gasteiger partial charge in [-0.3, -0.25) is 19.0 Å². The summed E-state index contributed by atoms with van der Waals surface area (Å²) in [5.41, 5.74) is 0.147. The van der Waals surface area contributed by atoms with Gasteiger partial charge in [-0.1, -0.05) is 30.6 Å². The minimum Gasteiger partial charge on any atom is -0.359 e. The van der Waals surface area contributed by atoms with E-state index in [0.29, 0.717) is 22.0 Å². The van der Waals surface area contributed by atoms with Gasteiger partial charge in [0.1, 0.15) is 17.6 Å². The third-order valence-electron chi connectivity index (χ3n) is 5.97. The van der Waals surface area contributed by atoms with Crippen LogP contribution in [-0.2, 0) is 16.1 Å². The maximum atomic E-state index is 12.9. The molecule has 2 fully saturated rings. The highest BCUT2D eigenvalue weighted by molar-refractivity contribution is 7.22. The number of hydrogen-bond donors (Lipinski definition) is 2. The summed E-state index contributed by atoms with van der Waals surface area (Å²) in [6, 6.07) is 0.209. The van der Waals surface area contributed by atoms with Crippen molar-refractivity contribution in [2.75, 3.05) is 25.0 Å². The van der Waals surface area contributed by atoms with Crippen molar-refractivity contribution in [3.63, 3.8) is 0 Å². The maximum Gasteiger partial charge on any atom is 0.273 e. The van der Waals surface area contributed by atoms with E-state index in [0.717, 1.165) is 45.1 Å². The van der Waals surface area contributed by atoms with E-state index in [2.05, 4.69) is 25.5 Å². The average molecular weight is 433 g/mol. The molecule has 0 radical (unpaired) electrons. The van der Waals surface area contributed by atoms with Gasteiger partial charge in [-0.25, -0.2) is 4.98 Å². The first-order valence-corrected chi connectivity index (χ1v) is 11.5. The van der Waals surface area contributed by atoms with Gasteiger partial charge >= 0.3 is 0 Å². The topological polar surface area (TPSA) is 109 Å². The number of thiazole rings is 1. The lowest BCUT2D eigenvalue weighted by molar-refractivity contribution is -0.125. The van der Waals surface area contributed by atoms with E-state index in [1.54, 1.807) is 7.05 Å². The number of amides is 2. The zero-order valence-electron chi connectivity index (χ0n) is 17.2. The van der Waals surface area contributed by atoms with Crippen LogP contribution in [0.2, 0.25) is 0 Å². The van der Waals surface area contributed by atoms with E-state index >= 15 is 0 Å². The van der Waals surface area contributed by atoms with Crippen LogP contribution in [0.25, 0.3) is 10.3 Å². The molecular formula is C20H28N6O3S. The third-order valence-corrected chi connectivity index (χ3v) is 7.06. The van der Waals surface area contributed by atoms with Crippen molar-refractivity contribution in [3.05, 3.63) is 16.7 Å². The largest absolute Gasteiger partial charge is 0.359 e. The Morgan fingerprint density at radius 2 is 2.00 bits per heavy atom. The number of hydrogen-bond acceptors (Lipinski definition) is 7. The zero-order valence-corrected chi connectivity index (χ0v) is 18.0. The molecule has 2 aromatic heterocycles. The highest BCUT2D eigenvalue weighted by Gasteiger charge is 2.27. The molecule has 2 amide bonds. The van der Waals surface area contributed by atoms with Crippen LogP contribution in [-0.4, -0.2) is 52.5 Å². The molecule has 9 nitrogen and oxygen atoms in total. The number of aromatic nitrogens is 3. The molecule has 2 aliphatic rings. The van der Waals surface area contributed by atoms with Crippen LogP contribution in [0, 0.1) is 5.92 Å². The Morgan fingerprint density at radius 1 is 1.20 bits per heavy atom. The summed E-state index contributed by atoms with van der Waals surface area (Å²) in [5.74, 6) is -0.200. The van der Waals surface area contributed by atoms with Crippen LogP contribution in [0.5, 0.6) is 0 Å².